The van der Waals surface area contributed by atoms with E-state index in [1.54, 1.807) is 36.4 Å². The zero-order valence-corrected chi connectivity index (χ0v) is 18.5. The van der Waals surface area contributed by atoms with Crippen LogP contribution in [0.15, 0.2) is 48.8 Å². The molecule has 0 amide bonds. The first-order chi connectivity index (χ1) is 15.9. The van der Waals surface area contributed by atoms with Gasteiger partial charge in [0.15, 0.2) is 6.10 Å². The summed E-state index contributed by atoms with van der Waals surface area (Å²) in [5.41, 5.74) is 0.397. The molecule has 1 fully saturated rings. The highest BCUT2D eigenvalue weighted by Gasteiger charge is 2.22. The molecule has 10 heteroatoms. The lowest BCUT2D eigenvalue weighted by atomic mass is 10.2. The van der Waals surface area contributed by atoms with Crippen LogP contribution in [-0.4, -0.2) is 71.9 Å². The van der Waals surface area contributed by atoms with E-state index >= 15 is 0 Å². The summed E-state index contributed by atoms with van der Waals surface area (Å²) in [7, 11) is 0. The van der Waals surface area contributed by atoms with Crippen LogP contribution in [0.1, 0.15) is 34.6 Å². The Hall–Kier alpha value is -3.95. The van der Waals surface area contributed by atoms with E-state index in [0.717, 1.165) is 11.6 Å². The number of nitrogens with zero attached hydrogens (tertiary/aromatic N) is 4. The maximum atomic E-state index is 12.3. The Balaban J connectivity index is 1.51. The van der Waals surface area contributed by atoms with Crippen molar-refractivity contribution in [2.24, 2.45) is 0 Å². The number of ether oxygens (including phenoxy) is 2. The molecule has 174 valence electrons. The van der Waals surface area contributed by atoms with E-state index in [1.807, 2.05) is 6.92 Å². The van der Waals surface area contributed by atoms with Crippen LogP contribution in [-0.2, 0) is 14.3 Å². The first kappa shape index (κ1) is 23.7. The summed E-state index contributed by atoms with van der Waals surface area (Å²) in [5.74, 6) is -0.819. The number of aromatic nitrogens is 2. The highest BCUT2D eigenvalue weighted by Crippen LogP contribution is 2.18. The van der Waals surface area contributed by atoms with Gasteiger partial charge in [0.25, 0.3) is 0 Å². The second-order valence-electron chi connectivity index (χ2n) is 7.34. The Morgan fingerprint density at radius 2 is 1.55 bits per heavy atom. The van der Waals surface area contributed by atoms with Crippen molar-refractivity contribution in [3.63, 3.8) is 0 Å². The Bertz CT molecular complexity index is 999. The molecule has 1 N–H and O–H groups in total. The number of esters is 2. The van der Waals surface area contributed by atoms with Gasteiger partial charge in [-0.2, -0.15) is 0 Å². The Labute approximate surface area is 191 Å². The number of rotatable bonds is 8. The summed E-state index contributed by atoms with van der Waals surface area (Å²) in [6, 6.07) is 6.59. The summed E-state index contributed by atoms with van der Waals surface area (Å²) in [6.45, 7) is 6.16. The molecule has 10 nitrogen and oxygen atoms in total. The van der Waals surface area contributed by atoms with Crippen LogP contribution in [0.4, 0.5) is 11.6 Å². The van der Waals surface area contributed by atoms with Gasteiger partial charge in [-0.05, 0) is 38.1 Å². The molecule has 0 unspecified atom stereocenters. The second-order valence-corrected chi connectivity index (χ2v) is 7.34. The molecule has 1 saturated heterocycles. The fraction of sp³-hybridized carbons (Fsp3) is 0.348. The van der Waals surface area contributed by atoms with Crippen LogP contribution in [0.3, 0.4) is 0 Å². The first-order valence-corrected chi connectivity index (χ1v) is 10.5. The van der Waals surface area contributed by atoms with Gasteiger partial charge in [-0.15, -0.1) is 0 Å². The van der Waals surface area contributed by atoms with Gasteiger partial charge in [0, 0.05) is 38.6 Å². The minimum atomic E-state index is -1.02. The lowest BCUT2D eigenvalue weighted by Gasteiger charge is -2.36. The summed E-state index contributed by atoms with van der Waals surface area (Å²) < 4.78 is 10.1. The SMILES string of the molecule is CC=CCOC(=O)[C@@H](C)OC(=O)c1ccc(N2CCN(c3ccc(C(=O)O)cn3)CC2)nc1. The quantitative estimate of drug-likeness (QED) is 0.469. The molecule has 0 spiro atoms. The van der Waals surface area contributed by atoms with Gasteiger partial charge in [-0.25, -0.2) is 24.4 Å². The monoisotopic (exact) mass is 454 g/mol. The number of allylic oxidation sites excluding steroid dienone is 1. The fourth-order valence-electron chi connectivity index (χ4n) is 3.18. The summed E-state index contributed by atoms with van der Waals surface area (Å²) >= 11 is 0. The highest BCUT2D eigenvalue weighted by molar-refractivity contribution is 5.91. The molecule has 2 aromatic heterocycles. The van der Waals surface area contributed by atoms with Crippen molar-refractivity contribution in [1.29, 1.82) is 0 Å². The molecule has 33 heavy (non-hydrogen) atoms. The maximum Gasteiger partial charge on any atom is 0.347 e. The van der Waals surface area contributed by atoms with Crippen molar-refractivity contribution >= 4 is 29.5 Å². The summed E-state index contributed by atoms with van der Waals surface area (Å²) in [4.78, 5) is 47.8. The molecule has 1 aliphatic heterocycles. The molecule has 0 aromatic carbocycles. The highest BCUT2D eigenvalue weighted by atomic mass is 16.6. The molecule has 1 atom stereocenters. The largest absolute Gasteiger partial charge is 0.478 e. The molecular weight excluding hydrogens is 428 g/mol. The van der Waals surface area contributed by atoms with Gasteiger partial charge in [0.05, 0.1) is 11.1 Å². The molecule has 0 radical (unpaired) electrons. The van der Waals surface area contributed by atoms with Gasteiger partial charge < -0.3 is 24.4 Å². The lowest BCUT2D eigenvalue weighted by molar-refractivity contribution is -0.151. The van der Waals surface area contributed by atoms with Gasteiger partial charge in [-0.3, -0.25) is 0 Å². The zero-order valence-electron chi connectivity index (χ0n) is 18.5. The predicted molar refractivity (Wildman–Crippen MR) is 121 cm³/mol. The van der Waals surface area contributed by atoms with Crippen molar-refractivity contribution in [2.75, 3.05) is 42.6 Å². The number of carboxylic acids is 1. The molecule has 1 aliphatic rings. The molecule has 3 heterocycles. The van der Waals surface area contributed by atoms with Crippen LogP contribution in [0.2, 0.25) is 0 Å². The van der Waals surface area contributed by atoms with Crippen molar-refractivity contribution in [2.45, 2.75) is 20.0 Å². The third-order valence-electron chi connectivity index (χ3n) is 5.08. The molecular formula is C23H26N4O6. The summed E-state index contributed by atoms with van der Waals surface area (Å²) in [5, 5.41) is 8.99. The average Bonchev–Trinajstić information content (AvgIpc) is 2.84. The van der Waals surface area contributed by atoms with Crippen LogP contribution in [0, 0.1) is 0 Å². The van der Waals surface area contributed by atoms with Gasteiger partial charge in [-0.1, -0.05) is 12.2 Å². The van der Waals surface area contributed by atoms with E-state index in [4.69, 9.17) is 14.6 Å². The smallest absolute Gasteiger partial charge is 0.347 e. The van der Waals surface area contributed by atoms with E-state index in [-0.39, 0.29) is 17.7 Å². The second kappa shape index (κ2) is 11.1. The number of carbonyl (C=O) groups excluding carboxylic acids is 2. The number of carbonyl (C=O) groups is 3. The van der Waals surface area contributed by atoms with Crippen molar-refractivity contribution in [3.8, 4) is 0 Å². The van der Waals surface area contributed by atoms with Gasteiger partial charge in [0.1, 0.15) is 18.2 Å². The van der Waals surface area contributed by atoms with Crippen LogP contribution >= 0.6 is 0 Å². The van der Waals surface area contributed by atoms with Gasteiger partial charge >= 0.3 is 17.9 Å². The third-order valence-corrected chi connectivity index (χ3v) is 5.08. The molecule has 2 aromatic rings. The molecule has 3 rings (SSSR count). The summed E-state index contributed by atoms with van der Waals surface area (Å²) in [6.07, 6.45) is 5.20. The number of aromatic carboxylic acids is 1. The number of carboxylic acid groups (broad SMARTS) is 1. The molecule has 0 aliphatic carbocycles. The Morgan fingerprint density at radius 3 is 2.00 bits per heavy atom. The van der Waals surface area contributed by atoms with Gasteiger partial charge in [0.2, 0.25) is 0 Å². The normalized spacial score (nSPS) is 14.7. The first-order valence-electron chi connectivity index (χ1n) is 10.5. The van der Waals surface area contributed by atoms with Crippen LogP contribution in [0.5, 0.6) is 0 Å². The zero-order chi connectivity index (χ0) is 23.8. The topological polar surface area (TPSA) is 122 Å². The van der Waals surface area contributed by atoms with E-state index in [1.165, 1.54) is 19.3 Å². The predicted octanol–water partition coefficient (Wildman–Crippen LogP) is 2.17. The Kier molecular flexibility index (Phi) is 7.96. The minimum absolute atomic E-state index is 0.129. The standard InChI is InChI=1S/C23H26N4O6/c1-3-4-13-32-22(30)16(2)33-23(31)18-6-8-20(25-15-18)27-11-9-26(10-12-27)19-7-5-17(14-24-19)21(28)29/h3-8,14-16H,9-13H2,1-2H3,(H,28,29)/t16-/m1/s1. The third kappa shape index (κ3) is 6.28. The molecule has 0 bridgehead atoms. The van der Waals surface area contributed by atoms with E-state index in [9.17, 15) is 14.4 Å². The maximum absolute atomic E-state index is 12.3. The van der Waals surface area contributed by atoms with E-state index in [2.05, 4.69) is 19.8 Å². The van der Waals surface area contributed by atoms with Crippen molar-refractivity contribution < 1.29 is 29.0 Å². The van der Waals surface area contributed by atoms with Crippen molar-refractivity contribution in [1.82, 2.24) is 9.97 Å². The lowest BCUT2D eigenvalue weighted by Crippen LogP contribution is -2.47. The number of hydrogen-bond acceptors (Lipinski definition) is 9. The number of piperazine rings is 1. The Morgan fingerprint density at radius 1 is 1.00 bits per heavy atom. The van der Waals surface area contributed by atoms with Crippen LogP contribution < -0.4 is 9.80 Å². The van der Waals surface area contributed by atoms with E-state index < -0.39 is 24.0 Å². The van der Waals surface area contributed by atoms with E-state index in [0.29, 0.717) is 26.2 Å². The average molecular weight is 454 g/mol. The number of pyridine rings is 2. The van der Waals surface area contributed by atoms with Crippen molar-refractivity contribution in [3.05, 3.63) is 59.9 Å². The molecule has 0 saturated carbocycles. The number of anilines is 2. The number of hydrogen-bond donors (Lipinski definition) is 1. The minimum Gasteiger partial charge on any atom is -0.478 e. The van der Waals surface area contributed by atoms with Crippen LogP contribution in [0.25, 0.3) is 0 Å². The fourth-order valence-corrected chi connectivity index (χ4v) is 3.18.